The molecule has 0 unspecified atom stereocenters. The Labute approximate surface area is 95.4 Å². The number of pyridine rings is 1. The molecule has 94 valence electrons. The van der Waals surface area contributed by atoms with Gasteiger partial charge in [0.2, 0.25) is 0 Å². The van der Waals surface area contributed by atoms with E-state index < -0.39 is 12.7 Å². The van der Waals surface area contributed by atoms with Crippen molar-refractivity contribution in [3.63, 3.8) is 0 Å². The van der Waals surface area contributed by atoms with Gasteiger partial charge >= 0.3 is 6.18 Å². The summed E-state index contributed by atoms with van der Waals surface area (Å²) in [6.45, 7) is -1.09. The molecule has 17 heavy (non-hydrogen) atoms. The molecular formula is C9H11F3N4O. The van der Waals surface area contributed by atoms with Crippen LogP contribution in [0.2, 0.25) is 0 Å². The predicted octanol–water partition coefficient (Wildman–Crippen LogP) is 1.17. The molecule has 1 heterocycles. The van der Waals surface area contributed by atoms with Crippen molar-refractivity contribution in [3.05, 3.63) is 23.9 Å². The largest absolute Gasteiger partial charge is 0.409 e. The molecule has 0 radical (unpaired) electrons. The van der Waals surface area contributed by atoms with Gasteiger partial charge in [-0.1, -0.05) is 5.16 Å². The standard InChI is InChI=1S/C9H11F3N4O/c1-16(5-9(10,11)12)7-3-2-6(4-14-7)8(13)15-17/h2-4,17H,5H2,1H3,(H2,13,15). The van der Waals surface area contributed by atoms with Crippen molar-refractivity contribution in [2.45, 2.75) is 6.18 Å². The Morgan fingerprint density at radius 3 is 2.59 bits per heavy atom. The second kappa shape index (κ2) is 4.89. The van der Waals surface area contributed by atoms with Crippen LogP contribution in [0.1, 0.15) is 5.56 Å². The first-order chi connectivity index (χ1) is 7.83. The molecule has 0 fully saturated rings. The molecule has 0 aliphatic heterocycles. The van der Waals surface area contributed by atoms with Crippen molar-refractivity contribution in [3.8, 4) is 0 Å². The minimum atomic E-state index is -4.29. The molecule has 0 spiro atoms. The van der Waals surface area contributed by atoms with Crippen molar-refractivity contribution in [2.75, 3.05) is 18.5 Å². The smallest absolute Gasteiger partial charge is 0.405 e. The fraction of sp³-hybridized carbons (Fsp3) is 0.333. The Hall–Kier alpha value is -1.99. The number of nitrogens with two attached hydrogens (primary N) is 1. The molecular weight excluding hydrogens is 237 g/mol. The maximum absolute atomic E-state index is 12.1. The number of oxime groups is 1. The van der Waals surface area contributed by atoms with Crippen molar-refractivity contribution in [1.82, 2.24) is 4.98 Å². The third-order valence-corrected chi connectivity index (χ3v) is 1.96. The lowest BCUT2D eigenvalue weighted by Gasteiger charge is -2.19. The summed E-state index contributed by atoms with van der Waals surface area (Å²) >= 11 is 0. The van der Waals surface area contributed by atoms with Crippen LogP contribution < -0.4 is 10.6 Å². The van der Waals surface area contributed by atoms with Gasteiger partial charge in [0, 0.05) is 18.8 Å². The molecule has 3 N–H and O–H groups in total. The van der Waals surface area contributed by atoms with Crippen LogP contribution in [0.25, 0.3) is 0 Å². The van der Waals surface area contributed by atoms with Crippen molar-refractivity contribution in [2.24, 2.45) is 10.9 Å². The highest BCUT2D eigenvalue weighted by molar-refractivity contribution is 5.96. The number of rotatable bonds is 3. The normalized spacial score (nSPS) is 12.6. The van der Waals surface area contributed by atoms with Crippen LogP contribution in [0.5, 0.6) is 0 Å². The van der Waals surface area contributed by atoms with Gasteiger partial charge < -0.3 is 15.8 Å². The van der Waals surface area contributed by atoms with E-state index in [1.807, 2.05) is 0 Å². The number of alkyl halides is 3. The van der Waals surface area contributed by atoms with Gasteiger partial charge in [0.25, 0.3) is 0 Å². The highest BCUT2D eigenvalue weighted by atomic mass is 19.4. The third-order valence-electron chi connectivity index (χ3n) is 1.96. The van der Waals surface area contributed by atoms with Crippen LogP contribution in [0.4, 0.5) is 19.0 Å². The first-order valence-corrected chi connectivity index (χ1v) is 4.55. The van der Waals surface area contributed by atoms with Gasteiger partial charge in [0.15, 0.2) is 5.84 Å². The molecule has 0 saturated carbocycles. The fourth-order valence-corrected chi connectivity index (χ4v) is 1.17. The first kappa shape index (κ1) is 13.1. The monoisotopic (exact) mass is 248 g/mol. The zero-order chi connectivity index (χ0) is 13.1. The van der Waals surface area contributed by atoms with Gasteiger partial charge in [0.05, 0.1) is 0 Å². The number of anilines is 1. The van der Waals surface area contributed by atoms with Crippen LogP contribution in [0.3, 0.4) is 0 Å². The highest BCUT2D eigenvalue weighted by Crippen LogP contribution is 2.19. The summed E-state index contributed by atoms with van der Waals surface area (Å²) in [7, 11) is 1.28. The van der Waals surface area contributed by atoms with E-state index in [1.54, 1.807) is 0 Å². The van der Waals surface area contributed by atoms with Gasteiger partial charge in [-0.2, -0.15) is 13.2 Å². The van der Waals surface area contributed by atoms with Crippen LogP contribution >= 0.6 is 0 Å². The Morgan fingerprint density at radius 1 is 1.53 bits per heavy atom. The van der Waals surface area contributed by atoms with E-state index in [0.29, 0.717) is 5.56 Å². The average Bonchev–Trinajstić information content (AvgIpc) is 2.26. The fourth-order valence-electron chi connectivity index (χ4n) is 1.17. The number of hydrogen-bond donors (Lipinski definition) is 2. The Morgan fingerprint density at radius 2 is 2.18 bits per heavy atom. The maximum atomic E-state index is 12.1. The summed E-state index contributed by atoms with van der Waals surface area (Å²) in [5.41, 5.74) is 5.62. The summed E-state index contributed by atoms with van der Waals surface area (Å²) in [6.07, 6.45) is -3.06. The third kappa shape index (κ3) is 3.82. The highest BCUT2D eigenvalue weighted by Gasteiger charge is 2.29. The summed E-state index contributed by atoms with van der Waals surface area (Å²) in [4.78, 5) is 4.74. The van der Waals surface area contributed by atoms with Gasteiger partial charge in [-0.15, -0.1) is 0 Å². The predicted molar refractivity (Wildman–Crippen MR) is 56.1 cm³/mol. The average molecular weight is 248 g/mol. The summed E-state index contributed by atoms with van der Waals surface area (Å²) < 4.78 is 36.3. The zero-order valence-corrected chi connectivity index (χ0v) is 8.94. The Balaban J connectivity index is 2.81. The quantitative estimate of drug-likeness (QED) is 0.364. The minimum absolute atomic E-state index is 0.150. The molecule has 0 saturated heterocycles. The van der Waals surface area contributed by atoms with E-state index in [2.05, 4.69) is 10.1 Å². The Kier molecular flexibility index (Phi) is 3.77. The van der Waals surface area contributed by atoms with Crippen LogP contribution in [0.15, 0.2) is 23.5 Å². The van der Waals surface area contributed by atoms with Gasteiger partial charge in [-0.25, -0.2) is 4.98 Å². The van der Waals surface area contributed by atoms with E-state index in [4.69, 9.17) is 10.9 Å². The van der Waals surface area contributed by atoms with Gasteiger partial charge in [-0.05, 0) is 12.1 Å². The molecule has 0 atom stereocenters. The molecule has 0 aromatic carbocycles. The van der Waals surface area contributed by atoms with E-state index in [9.17, 15) is 13.2 Å². The molecule has 1 rings (SSSR count). The topological polar surface area (TPSA) is 74.7 Å². The number of hydrogen-bond acceptors (Lipinski definition) is 4. The zero-order valence-electron chi connectivity index (χ0n) is 8.94. The molecule has 1 aromatic rings. The van der Waals surface area contributed by atoms with Gasteiger partial charge in [0.1, 0.15) is 12.4 Å². The Bertz CT molecular complexity index is 402. The van der Waals surface area contributed by atoms with E-state index in [-0.39, 0.29) is 11.7 Å². The lowest BCUT2D eigenvalue weighted by Crippen LogP contribution is -2.31. The first-order valence-electron chi connectivity index (χ1n) is 4.55. The lowest BCUT2D eigenvalue weighted by molar-refractivity contribution is -0.119. The van der Waals surface area contributed by atoms with E-state index in [0.717, 1.165) is 4.90 Å². The van der Waals surface area contributed by atoms with Crippen molar-refractivity contribution in [1.29, 1.82) is 0 Å². The van der Waals surface area contributed by atoms with Crippen molar-refractivity contribution >= 4 is 11.7 Å². The second-order valence-corrected chi connectivity index (χ2v) is 3.36. The summed E-state index contributed by atoms with van der Waals surface area (Å²) in [5, 5.41) is 11.1. The number of aromatic nitrogens is 1. The number of halogens is 3. The molecule has 0 amide bonds. The van der Waals surface area contributed by atoms with Crippen LogP contribution in [0, 0.1) is 0 Å². The number of nitrogens with zero attached hydrogens (tertiary/aromatic N) is 3. The molecule has 0 bridgehead atoms. The molecule has 0 aliphatic carbocycles. The maximum Gasteiger partial charge on any atom is 0.405 e. The molecule has 0 aliphatic rings. The lowest BCUT2D eigenvalue weighted by atomic mass is 10.2. The molecule has 1 aromatic heterocycles. The van der Waals surface area contributed by atoms with Gasteiger partial charge in [-0.3, -0.25) is 0 Å². The molecule has 8 heteroatoms. The van der Waals surface area contributed by atoms with Crippen LogP contribution in [-0.4, -0.2) is 35.8 Å². The second-order valence-electron chi connectivity index (χ2n) is 3.36. The van der Waals surface area contributed by atoms with E-state index in [1.165, 1.54) is 25.4 Å². The van der Waals surface area contributed by atoms with Crippen molar-refractivity contribution < 1.29 is 18.4 Å². The SMILES string of the molecule is CN(CC(F)(F)F)c1ccc(/C(N)=N/O)cn1. The van der Waals surface area contributed by atoms with Crippen LogP contribution in [-0.2, 0) is 0 Å². The summed E-state index contributed by atoms with van der Waals surface area (Å²) in [6, 6.07) is 2.78. The summed E-state index contributed by atoms with van der Waals surface area (Å²) in [5.74, 6) is -0.000612. The number of amidine groups is 1. The molecule has 5 nitrogen and oxygen atoms in total. The van der Waals surface area contributed by atoms with E-state index >= 15 is 0 Å². The minimum Gasteiger partial charge on any atom is -0.409 e.